The lowest BCUT2D eigenvalue weighted by Gasteiger charge is -2.31. The maximum absolute atomic E-state index is 11.9. The predicted octanol–water partition coefficient (Wildman–Crippen LogP) is 0.0386. The lowest BCUT2D eigenvalue weighted by Crippen LogP contribution is -2.45. The van der Waals surface area contributed by atoms with Gasteiger partial charge in [-0.25, -0.2) is 0 Å². The van der Waals surface area contributed by atoms with Crippen LogP contribution in [-0.4, -0.2) is 51.3 Å². The molecule has 1 atom stereocenters. The van der Waals surface area contributed by atoms with Gasteiger partial charge in [-0.3, -0.25) is 19.6 Å². The minimum Gasteiger partial charge on any atom is -0.375 e. The maximum atomic E-state index is 11.9. The Morgan fingerprint density at radius 2 is 2.50 bits per heavy atom. The Bertz CT molecular complexity index is 458. The molecule has 1 amide bonds. The Morgan fingerprint density at radius 1 is 1.72 bits per heavy atom. The van der Waals surface area contributed by atoms with Gasteiger partial charge in [0.15, 0.2) is 0 Å². The van der Waals surface area contributed by atoms with Gasteiger partial charge in [-0.1, -0.05) is 0 Å². The average molecular weight is 254 g/mol. The molecule has 1 aliphatic rings. The number of nitro groups is 1. The third-order valence-electron chi connectivity index (χ3n) is 2.72. The number of carbonyl (C=O) groups is 1. The van der Waals surface area contributed by atoms with Crippen LogP contribution < -0.4 is 0 Å². The van der Waals surface area contributed by atoms with E-state index in [1.807, 2.05) is 6.92 Å². The third kappa shape index (κ3) is 2.83. The zero-order chi connectivity index (χ0) is 13.1. The molecule has 1 saturated heterocycles. The number of ether oxygens (including phenoxy) is 1. The maximum Gasteiger partial charge on any atom is 0.307 e. The van der Waals surface area contributed by atoms with Crippen molar-refractivity contribution in [2.75, 3.05) is 19.7 Å². The Kier molecular flexibility index (Phi) is 3.56. The summed E-state index contributed by atoms with van der Waals surface area (Å²) in [5.74, 6) is -0.108. The number of hydrogen-bond donors (Lipinski definition) is 0. The molecule has 0 unspecified atom stereocenters. The second kappa shape index (κ2) is 5.13. The number of nitrogens with zero attached hydrogens (tertiary/aromatic N) is 4. The number of aromatic nitrogens is 2. The van der Waals surface area contributed by atoms with Crippen LogP contribution in [0.3, 0.4) is 0 Å². The summed E-state index contributed by atoms with van der Waals surface area (Å²) in [6.45, 7) is 3.53. The zero-order valence-corrected chi connectivity index (χ0v) is 9.98. The summed E-state index contributed by atoms with van der Waals surface area (Å²) in [6, 6.07) is 0. The van der Waals surface area contributed by atoms with E-state index in [1.54, 1.807) is 4.90 Å². The largest absolute Gasteiger partial charge is 0.375 e. The molecule has 0 saturated carbocycles. The monoisotopic (exact) mass is 254 g/mol. The van der Waals surface area contributed by atoms with Crippen molar-refractivity contribution in [2.24, 2.45) is 0 Å². The second-order valence-corrected chi connectivity index (χ2v) is 4.17. The minimum atomic E-state index is -0.537. The van der Waals surface area contributed by atoms with E-state index in [0.717, 1.165) is 6.20 Å². The first-order chi connectivity index (χ1) is 8.56. The highest BCUT2D eigenvalue weighted by Crippen LogP contribution is 2.09. The predicted molar refractivity (Wildman–Crippen MR) is 60.9 cm³/mol. The van der Waals surface area contributed by atoms with Crippen molar-refractivity contribution < 1.29 is 14.5 Å². The van der Waals surface area contributed by atoms with E-state index in [-0.39, 0.29) is 24.2 Å². The quantitative estimate of drug-likeness (QED) is 0.561. The lowest BCUT2D eigenvalue weighted by atomic mass is 10.3. The molecule has 1 fully saturated rings. The summed E-state index contributed by atoms with van der Waals surface area (Å²) in [7, 11) is 0. The first-order valence-electron chi connectivity index (χ1n) is 5.62. The van der Waals surface area contributed by atoms with Crippen molar-refractivity contribution in [3.63, 3.8) is 0 Å². The first-order valence-corrected chi connectivity index (χ1v) is 5.62. The van der Waals surface area contributed by atoms with Crippen molar-refractivity contribution >= 4 is 11.6 Å². The lowest BCUT2D eigenvalue weighted by molar-refractivity contribution is -0.385. The minimum absolute atomic E-state index is 0.0144. The number of rotatable bonds is 3. The summed E-state index contributed by atoms with van der Waals surface area (Å²) in [6.07, 6.45) is 2.41. The van der Waals surface area contributed by atoms with Crippen LogP contribution in [0, 0.1) is 10.1 Å². The molecule has 0 bridgehead atoms. The fourth-order valence-corrected chi connectivity index (χ4v) is 1.82. The van der Waals surface area contributed by atoms with E-state index >= 15 is 0 Å². The fraction of sp³-hybridized carbons (Fsp3) is 0.600. The molecule has 98 valence electrons. The van der Waals surface area contributed by atoms with Crippen LogP contribution in [0.15, 0.2) is 12.4 Å². The van der Waals surface area contributed by atoms with Gasteiger partial charge in [0.25, 0.3) is 0 Å². The van der Waals surface area contributed by atoms with Gasteiger partial charge in [0, 0.05) is 13.1 Å². The molecule has 0 aliphatic carbocycles. The summed E-state index contributed by atoms with van der Waals surface area (Å²) in [5.41, 5.74) is -0.113. The van der Waals surface area contributed by atoms with E-state index < -0.39 is 4.92 Å². The highest BCUT2D eigenvalue weighted by Gasteiger charge is 2.22. The highest BCUT2D eigenvalue weighted by atomic mass is 16.6. The normalized spacial score (nSPS) is 19.8. The van der Waals surface area contributed by atoms with Gasteiger partial charge >= 0.3 is 5.69 Å². The molecule has 1 aromatic heterocycles. The van der Waals surface area contributed by atoms with Crippen molar-refractivity contribution in [1.82, 2.24) is 14.7 Å². The zero-order valence-electron chi connectivity index (χ0n) is 9.98. The second-order valence-electron chi connectivity index (χ2n) is 4.17. The molecule has 1 aliphatic heterocycles. The number of morpholine rings is 1. The molecule has 18 heavy (non-hydrogen) atoms. The van der Waals surface area contributed by atoms with Gasteiger partial charge in [-0.15, -0.1) is 0 Å². The van der Waals surface area contributed by atoms with Crippen LogP contribution in [0.4, 0.5) is 5.69 Å². The topological polar surface area (TPSA) is 90.5 Å². The van der Waals surface area contributed by atoms with E-state index in [4.69, 9.17) is 4.74 Å². The van der Waals surface area contributed by atoms with Crippen molar-refractivity contribution in [3.8, 4) is 0 Å². The van der Waals surface area contributed by atoms with Crippen LogP contribution in [0.2, 0.25) is 0 Å². The summed E-state index contributed by atoms with van der Waals surface area (Å²) in [4.78, 5) is 23.6. The molecular weight excluding hydrogens is 240 g/mol. The van der Waals surface area contributed by atoms with E-state index in [2.05, 4.69) is 5.10 Å². The summed E-state index contributed by atoms with van der Waals surface area (Å²) < 4.78 is 6.62. The third-order valence-corrected chi connectivity index (χ3v) is 2.72. The fourth-order valence-electron chi connectivity index (χ4n) is 1.82. The van der Waals surface area contributed by atoms with Gasteiger partial charge < -0.3 is 9.64 Å². The smallest absolute Gasteiger partial charge is 0.307 e. The van der Waals surface area contributed by atoms with Gasteiger partial charge in [-0.2, -0.15) is 5.10 Å². The van der Waals surface area contributed by atoms with Crippen LogP contribution in [0.1, 0.15) is 6.92 Å². The summed E-state index contributed by atoms with van der Waals surface area (Å²) >= 11 is 0. The van der Waals surface area contributed by atoms with E-state index in [0.29, 0.717) is 19.7 Å². The van der Waals surface area contributed by atoms with Crippen LogP contribution >= 0.6 is 0 Å². The van der Waals surface area contributed by atoms with Crippen molar-refractivity contribution in [2.45, 2.75) is 19.6 Å². The van der Waals surface area contributed by atoms with Crippen LogP contribution in [-0.2, 0) is 16.1 Å². The first kappa shape index (κ1) is 12.5. The highest BCUT2D eigenvalue weighted by molar-refractivity contribution is 5.76. The number of amides is 1. The Morgan fingerprint density at radius 3 is 3.11 bits per heavy atom. The molecular formula is C10H14N4O4. The van der Waals surface area contributed by atoms with Gasteiger partial charge in [0.2, 0.25) is 5.91 Å². The number of hydrogen-bond acceptors (Lipinski definition) is 5. The molecule has 1 aromatic rings. The Labute approximate surface area is 103 Å². The molecule has 0 aromatic carbocycles. The molecule has 0 spiro atoms. The van der Waals surface area contributed by atoms with Crippen LogP contribution in [0.5, 0.6) is 0 Å². The van der Waals surface area contributed by atoms with Gasteiger partial charge in [0.1, 0.15) is 18.9 Å². The standard InChI is InChI=1S/C10H14N4O4/c1-8-5-12(2-3-18-8)10(15)7-13-6-9(4-11-13)14(16)17/h4,6,8H,2-3,5,7H2,1H3/t8-/m1/s1. The van der Waals surface area contributed by atoms with Gasteiger partial charge in [0.05, 0.1) is 17.6 Å². The molecule has 0 radical (unpaired) electrons. The van der Waals surface area contributed by atoms with E-state index in [1.165, 1.54) is 10.9 Å². The van der Waals surface area contributed by atoms with Gasteiger partial charge in [-0.05, 0) is 6.92 Å². The SMILES string of the molecule is C[C@@H]1CN(C(=O)Cn2cc([N+](=O)[O-])cn2)CCO1. The van der Waals surface area contributed by atoms with Crippen LogP contribution in [0.25, 0.3) is 0 Å². The Hall–Kier alpha value is -1.96. The molecule has 0 N–H and O–H groups in total. The van der Waals surface area contributed by atoms with Crippen molar-refractivity contribution in [1.29, 1.82) is 0 Å². The van der Waals surface area contributed by atoms with Crippen molar-refractivity contribution in [3.05, 3.63) is 22.5 Å². The van der Waals surface area contributed by atoms with E-state index in [9.17, 15) is 14.9 Å². The molecule has 8 nitrogen and oxygen atoms in total. The molecule has 8 heteroatoms. The number of carbonyl (C=O) groups excluding carboxylic acids is 1. The average Bonchev–Trinajstić information content (AvgIpc) is 2.77. The molecule has 2 rings (SSSR count). The Balaban J connectivity index is 1.95. The molecule has 2 heterocycles. The summed E-state index contributed by atoms with van der Waals surface area (Å²) in [5, 5.41) is 14.3.